The van der Waals surface area contributed by atoms with Crippen molar-refractivity contribution in [3.8, 4) is 0 Å². The molecule has 0 bridgehead atoms. The third-order valence-corrected chi connectivity index (χ3v) is 4.49. The van der Waals surface area contributed by atoms with Gasteiger partial charge >= 0.3 is 0 Å². The highest BCUT2D eigenvalue weighted by molar-refractivity contribution is 5.96. The van der Waals surface area contributed by atoms with Crippen LogP contribution in [0.1, 0.15) is 30.3 Å². The molecule has 1 aliphatic heterocycles. The molecule has 2 atom stereocenters. The summed E-state index contributed by atoms with van der Waals surface area (Å²) in [6.07, 6.45) is 1.89. The molecule has 0 radical (unpaired) electrons. The van der Waals surface area contributed by atoms with Crippen LogP contribution in [0, 0.1) is 5.92 Å². The lowest BCUT2D eigenvalue weighted by Gasteiger charge is -2.37. The summed E-state index contributed by atoms with van der Waals surface area (Å²) in [5, 5.41) is 1.38. The largest absolute Gasteiger partial charge is 0.333 e. The van der Waals surface area contributed by atoms with E-state index < -0.39 is 0 Å². The number of aromatic nitrogens is 1. The van der Waals surface area contributed by atoms with Gasteiger partial charge in [0.15, 0.2) is 0 Å². The van der Waals surface area contributed by atoms with Gasteiger partial charge in [-0.2, -0.15) is 0 Å². The molecule has 0 aliphatic carbocycles. The first-order chi connectivity index (χ1) is 10.6. The average molecular weight is 336 g/mol. The van der Waals surface area contributed by atoms with E-state index in [1.165, 1.54) is 0 Å². The summed E-state index contributed by atoms with van der Waals surface area (Å²) in [6.45, 7) is 3.33. The molecule has 2 heterocycles. The number of likely N-dealkylation sites (tertiary alicyclic amines) is 1. The molecule has 1 amide bonds. The number of piperidine rings is 1. The van der Waals surface area contributed by atoms with Crippen LogP contribution < -0.4 is 11.3 Å². The first-order valence-electron chi connectivity index (χ1n) is 7.73. The number of nitrogens with two attached hydrogens (primary N) is 1. The Kier molecular flexibility index (Phi) is 5.44. The quantitative estimate of drug-likeness (QED) is 0.882. The zero-order valence-corrected chi connectivity index (χ0v) is 13.9. The summed E-state index contributed by atoms with van der Waals surface area (Å²) in [6, 6.07) is 9.08. The van der Waals surface area contributed by atoms with Gasteiger partial charge in [0.05, 0.1) is 0 Å². The van der Waals surface area contributed by atoms with Gasteiger partial charge < -0.3 is 15.6 Å². The zero-order valence-electron chi connectivity index (χ0n) is 13.1. The third kappa shape index (κ3) is 3.41. The second kappa shape index (κ2) is 7.15. The number of amides is 1. The van der Waals surface area contributed by atoms with E-state index in [1.54, 1.807) is 17.0 Å². The fraction of sp³-hybridized carbons (Fsp3) is 0.412. The van der Waals surface area contributed by atoms with Gasteiger partial charge in [-0.15, -0.1) is 12.4 Å². The summed E-state index contributed by atoms with van der Waals surface area (Å²) >= 11 is 0. The monoisotopic (exact) mass is 335 g/mol. The number of halogens is 1. The summed E-state index contributed by atoms with van der Waals surface area (Å²) in [5.41, 5.74) is 5.94. The number of benzene rings is 1. The molecule has 0 spiro atoms. The van der Waals surface area contributed by atoms with E-state index in [0.29, 0.717) is 30.1 Å². The van der Waals surface area contributed by atoms with Crippen LogP contribution >= 0.6 is 12.4 Å². The topological polar surface area (TPSA) is 79.2 Å². The predicted molar refractivity (Wildman–Crippen MR) is 94.1 cm³/mol. The Morgan fingerprint density at radius 3 is 2.87 bits per heavy atom. The molecule has 2 unspecified atom stereocenters. The molecule has 1 aromatic heterocycles. The van der Waals surface area contributed by atoms with Gasteiger partial charge in [0.1, 0.15) is 5.69 Å². The average Bonchev–Trinajstić information content (AvgIpc) is 2.54. The maximum atomic E-state index is 12.8. The van der Waals surface area contributed by atoms with Crippen LogP contribution in [0.3, 0.4) is 0 Å². The number of carbonyl (C=O) groups is 1. The minimum absolute atomic E-state index is 0. The lowest BCUT2D eigenvalue weighted by Crippen LogP contribution is -2.49. The Morgan fingerprint density at radius 2 is 2.13 bits per heavy atom. The summed E-state index contributed by atoms with van der Waals surface area (Å²) in [4.78, 5) is 29.4. The molecule has 5 nitrogen and oxygen atoms in total. The van der Waals surface area contributed by atoms with E-state index in [9.17, 15) is 9.59 Å². The van der Waals surface area contributed by atoms with Crippen LogP contribution in [0.4, 0.5) is 0 Å². The van der Waals surface area contributed by atoms with Crippen molar-refractivity contribution in [2.75, 3.05) is 13.1 Å². The van der Waals surface area contributed by atoms with Crippen LogP contribution in [0.15, 0.2) is 35.1 Å². The van der Waals surface area contributed by atoms with E-state index in [0.717, 1.165) is 18.2 Å². The molecule has 1 aromatic carbocycles. The highest BCUT2D eigenvalue weighted by Crippen LogP contribution is 2.23. The van der Waals surface area contributed by atoms with Crippen LogP contribution in [0.5, 0.6) is 0 Å². The molecule has 124 valence electrons. The molecule has 1 saturated heterocycles. The first-order valence-corrected chi connectivity index (χ1v) is 7.73. The highest BCUT2D eigenvalue weighted by Gasteiger charge is 2.30. The molecular formula is C17H22ClN3O2. The van der Waals surface area contributed by atoms with Crippen molar-refractivity contribution in [2.24, 2.45) is 11.7 Å². The molecule has 23 heavy (non-hydrogen) atoms. The standard InChI is InChI=1S/C17H21N3O2.ClH/c1-11-6-7-20(13(8-11)10-18)17(22)15-9-12-4-2-3-5-14(12)16(21)19-15;/h2-5,9,11,13H,6-8,10,18H2,1H3,(H,19,21);1H. The number of H-pyrrole nitrogens is 1. The van der Waals surface area contributed by atoms with Gasteiger partial charge in [0, 0.05) is 24.5 Å². The second-order valence-corrected chi connectivity index (χ2v) is 6.12. The van der Waals surface area contributed by atoms with Gasteiger partial charge in [0.25, 0.3) is 11.5 Å². The number of rotatable bonds is 2. The second-order valence-electron chi connectivity index (χ2n) is 6.12. The Morgan fingerprint density at radius 1 is 1.39 bits per heavy atom. The fourth-order valence-electron chi connectivity index (χ4n) is 3.22. The van der Waals surface area contributed by atoms with Crippen LogP contribution in [0.2, 0.25) is 0 Å². The number of nitrogens with zero attached hydrogens (tertiary/aromatic N) is 1. The Hall–Kier alpha value is -1.85. The summed E-state index contributed by atoms with van der Waals surface area (Å²) in [7, 11) is 0. The van der Waals surface area contributed by atoms with Gasteiger partial charge in [-0.25, -0.2) is 0 Å². The minimum Gasteiger partial charge on any atom is -0.333 e. The van der Waals surface area contributed by atoms with Crippen LogP contribution in [-0.4, -0.2) is 34.9 Å². The van der Waals surface area contributed by atoms with Gasteiger partial charge in [0.2, 0.25) is 0 Å². The van der Waals surface area contributed by atoms with E-state index >= 15 is 0 Å². The van der Waals surface area contributed by atoms with Crippen molar-refractivity contribution in [1.29, 1.82) is 0 Å². The first kappa shape index (κ1) is 17.5. The maximum absolute atomic E-state index is 12.8. The molecule has 6 heteroatoms. The van der Waals surface area contributed by atoms with E-state index in [1.807, 2.05) is 18.2 Å². The van der Waals surface area contributed by atoms with Gasteiger partial charge in [-0.3, -0.25) is 9.59 Å². The molecule has 1 fully saturated rings. The number of carbonyl (C=O) groups excluding carboxylic acids is 1. The fourth-order valence-corrected chi connectivity index (χ4v) is 3.22. The van der Waals surface area contributed by atoms with E-state index in [2.05, 4.69) is 11.9 Å². The number of fused-ring (bicyclic) bond motifs is 1. The lowest BCUT2D eigenvalue weighted by atomic mass is 9.92. The minimum atomic E-state index is -0.226. The van der Waals surface area contributed by atoms with Crippen molar-refractivity contribution < 1.29 is 4.79 Å². The highest BCUT2D eigenvalue weighted by atomic mass is 35.5. The Labute approximate surface area is 141 Å². The van der Waals surface area contributed by atoms with Crippen LogP contribution in [-0.2, 0) is 0 Å². The molecule has 2 aromatic rings. The summed E-state index contributed by atoms with van der Waals surface area (Å²) < 4.78 is 0. The number of hydrogen-bond donors (Lipinski definition) is 2. The van der Waals surface area contributed by atoms with Crippen molar-refractivity contribution in [1.82, 2.24) is 9.88 Å². The van der Waals surface area contributed by atoms with Gasteiger partial charge in [-0.1, -0.05) is 25.1 Å². The molecular weight excluding hydrogens is 314 g/mol. The normalized spacial score (nSPS) is 21.0. The predicted octanol–water partition coefficient (Wildman–Crippen LogP) is 2.15. The number of nitrogens with one attached hydrogen (secondary N) is 1. The van der Waals surface area contributed by atoms with E-state index in [-0.39, 0.29) is 29.9 Å². The molecule has 3 rings (SSSR count). The molecule has 3 N–H and O–H groups in total. The Balaban J connectivity index is 0.00000192. The number of aromatic amines is 1. The zero-order chi connectivity index (χ0) is 15.7. The van der Waals surface area contributed by atoms with Crippen molar-refractivity contribution in [2.45, 2.75) is 25.8 Å². The van der Waals surface area contributed by atoms with Crippen molar-refractivity contribution in [3.63, 3.8) is 0 Å². The van der Waals surface area contributed by atoms with Crippen molar-refractivity contribution in [3.05, 3.63) is 46.4 Å². The number of hydrogen-bond acceptors (Lipinski definition) is 3. The smallest absolute Gasteiger partial charge is 0.270 e. The SMILES string of the molecule is CC1CCN(C(=O)c2cc3ccccc3c(=O)[nH]2)C(CN)C1.Cl. The summed E-state index contributed by atoms with van der Waals surface area (Å²) in [5.74, 6) is 0.443. The number of pyridine rings is 1. The Bertz CT molecular complexity index is 759. The molecule has 0 saturated carbocycles. The lowest BCUT2D eigenvalue weighted by molar-refractivity contribution is 0.0567. The van der Waals surface area contributed by atoms with Gasteiger partial charge in [-0.05, 0) is 36.3 Å². The third-order valence-electron chi connectivity index (χ3n) is 4.49. The maximum Gasteiger partial charge on any atom is 0.270 e. The van der Waals surface area contributed by atoms with Crippen molar-refractivity contribution >= 4 is 29.1 Å². The van der Waals surface area contributed by atoms with E-state index in [4.69, 9.17) is 5.73 Å². The molecule has 1 aliphatic rings. The van der Waals surface area contributed by atoms with Crippen LogP contribution in [0.25, 0.3) is 10.8 Å².